The lowest BCUT2D eigenvalue weighted by molar-refractivity contribution is 0.617. The van der Waals surface area contributed by atoms with Gasteiger partial charge in [-0.15, -0.1) is 11.3 Å². The number of thiazole rings is 1. The van der Waals surface area contributed by atoms with Crippen LogP contribution < -0.4 is 5.32 Å². The summed E-state index contributed by atoms with van der Waals surface area (Å²) >= 11 is 1.75. The highest BCUT2D eigenvalue weighted by Gasteiger charge is 2.17. The number of hydrogen-bond donors (Lipinski definition) is 1. The highest BCUT2D eigenvalue weighted by atomic mass is 32.1. The molecule has 2 heterocycles. The van der Waals surface area contributed by atoms with Crippen LogP contribution in [0.15, 0.2) is 34.9 Å². The minimum atomic E-state index is 0.432. The maximum atomic E-state index is 5.62. The molecule has 3 aromatic rings. The van der Waals surface area contributed by atoms with Gasteiger partial charge in [-0.25, -0.2) is 4.98 Å². The monoisotopic (exact) mass is 286 g/mol. The van der Waals surface area contributed by atoms with Crippen LogP contribution in [0.3, 0.4) is 0 Å². The summed E-state index contributed by atoms with van der Waals surface area (Å²) in [5, 5.41) is 5.40. The van der Waals surface area contributed by atoms with E-state index in [1.165, 1.54) is 10.6 Å². The zero-order valence-corrected chi connectivity index (χ0v) is 12.8. The largest absolute Gasteiger partial charge is 0.464 e. The van der Waals surface area contributed by atoms with Crippen molar-refractivity contribution in [2.45, 2.75) is 26.3 Å². The highest BCUT2D eigenvalue weighted by molar-refractivity contribution is 7.15. The second kappa shape index (κ2) is 5.38. The molecule has 0 aliphatic rings. The molecule has 3 rings (SSSR count). The number of furan rings is 1. The molecule has 0 saturated heterocycles. The Hall–Kier alpha value is -1.65. The average molecular weight is 286 g/mol. The van der Waals surface area contributed by atoms with Crippen molar-refractivity contribution in [3.05, 3.63) is 41.1 Å². The Morgan fingerprint density at radius 2 is 2.10 bits per heavy atom. The Kier molecular flexibility index (Phi) is 3.59. The van der Waals surface area contributed by atoms with Crippen molar-refractivity contribution in [3.8, 4) is 10.6 Å². The van der Waals surface area contributed by atoms with E-state index in [4.69, 9.17) is 9.40 Å². The molecule has 3 nitrogen and oxygen atoms in total. The van der Waals surface area contributed by atoms with Gasteiger partial charge in [0.1, 0.15) is 16.9 Å². The fourth-order valence-electron chi connectivity index (χ4n) is 2.36. The minimum absolute atomic E-state index is 0.432. The number of nitrogens with one attached hydrogen (secondary N) is 1. The Labute approximate surface area is 122 Å². The first-order chi connectivity index (χ1) is 9.70. The van der Waals surface area contributed by atoms with Crippen molar-refractivity contribution in [2.24, 2.45) is 0 Å². The molecule has 0 aliphatic heterocycles. The number of fused-ring (bicyclic) bond motifs is 1. The molecular weight excluding hydrogens is 268 g/mol. The molecule has 0 unspecified atom stereocenters. The lowest BCUT2D eigenvalue weighted by Crippen LogP contribution is -2.06. The van der Waals surface area contributed by atoms with Gasteiger partial charge in [0.25, 0.3) is 0 Å². The second-order valence-electron chi connectivity index (χ2n) is 5.16. The summed E-state index contributed by atoms with van der Waals surface area (Å²) in [4.78, 5) is 6.15. The predicted octanol–water partition coefficient (Wildman–Crippen LogP) is 4.40. The number of hydrogen-bond acceptors (Lipinski definition) is 4. The summed E-state index contributed by atoms with van der Waals surface area (Å²) in [6.07, 6.45) is 1.82. The third-order valence-corrected chi connectivity index (χ3v) is 4.43. The molecule has 4 heteroatoms. The molecule has 2 aromatic heterocycles. The van der Waals surface area contributed by atoms with E-state index in [0.29, 0.717) is 5.92 Å². The van der Waals surface area contributed by atoms with E-state index in [1.54, 1.807) is 11.3 Å². The predicted molar refractivity (Wildman–Crippen MR) is 84.2 cm³/mol. The van der Waals surface area contributed by atoms with Crippen LogP contribution in [0, 0.1) is 0 Å². The van der Waals surface area contributed by atoms with Crippen molar-refractivity contribution in [2.75, 3.05) is 7.05 Å². The summed E-state index contributed by atoms with van der Waals surface area (Å²) in [5.74, 6) is 0.432. The van der Waals surface area contributed by atoms with Crippen LogP contribution >= 0.6 is 11.3 Å². The standard InChI is InChI=1S/C16H18N2OS/c1-10(2)15-14(8-17-3)20-16(18-15)12-9-19-13-7-5-4-6-11(12)13/h4-7,9-10,17H,8H2,1-3H3. The summed E-state index contributed by atoms with van der Waals surface area (Å²) in [7, 11) is 1.97. The molecule has 0 aliphatic carbocycles. The SMILES string of the molecule is CNCc1sc(-c2coc3ccccc23)nc1C(C)C. The van der Waals surface area contributed by atoms with E-state index in [-0.39, 0.29) is 0 Å². The molecule has 0 amide bonds. The molecule has 0 atom stereocenters. The maximum Gasteiger partial charge on any atom is 0.134 e. The summed E-state index contributed by atoms with van der Waals surface area (Å²) in [6, 6.07) is 8.10. The van der Waals surface area contributed by atoms with E-state index in [0.717, 1.165) is 28.1 Å². The first-order valence-corrected chi connectivity index (χ1v) is 7.63. The number of para-hydroxylation sites is 1. The van der Waals surface area contributed by atoms with Crippen molar-refractivity contribution in [3.63, 3.8) is 0 Å². The van der Waals surface area contributed by atoms with E-state index in [1.807, 2.05) is 31.5 Å². The van der Waals surface area contributed by atoms with Gasteiger partial charge in [0.15, 0.2) is 0 Å². The molecular formula is C16H18N2OS. The smallest absolute Gasteiger partial charge is 0.134 e. The zero-order valence-electron chi connectivity index (χ0n) is 11.9. The van der Waals surface area contributed by atoms with E-state index >= 15 is 0 Å². The first-order valence-electron chi connectivity index (χ1n) is 6.81. The molecule has 1 N–H and O–H groups in total. The van der Waals surface area contributed by atoms with Gasteiger partial charge in [0.05, 0.1) is 11.3 Å². The topological polar surface area (TPSA) is 38.1 Å². The maximum absolute atomic E-state index is 5.62. The molecule has 0 fully saturated rings. The van der Waals surface area contributed by atoms with Crippen LogP contribution in [-0.4, -0.2) is 12.0 Å². The third kappa shape index (κ3) is 2.25. The van der Waals surface area contributed by atoms with Crippen molar-refractivity contribution < 1.29 is 4.42 Å². The van der Waals surface area contributed by atoms with Crippen LogP contribution in [0.5, 0.6) is 0 Å². The lowest BCUT2D eigenvalue weighted by atomic mass is 10.1. The molecule has 104 valence electrons. The van der Waals surface area contributed by atoms with Gasteiger partial charge in [0.2, 0.25) is 0 Å². The van der Waals surface area contributed by atoms with E-state index in [9.17, 15) is 0 Å². The molecule has 1 aromatic carbocycles. The van der Waals surface area contributed by atoms with Crippen LogP contribution in [-0.2, 0) is 6.54 Å². The van der Waals surface area contributed by atoms with Crippen LogP contribution in [0.25, 0.3) is 21.5 Å². The van der Waals surface area contributed by atoms with Crippen molar-refractivity contribution >= 4 is 22.3 Å². The number of benzene rings is 1. The Morgan fingerprint density at radius 1 is 1.30 bits per heavy atom. The zero-order chi connectivity index (χ0) is 14.1. The minimum Gasteiger partial charge on any atom is -0.464 e. The second-order valence-corrected chi connectivity index (χ2v) is 6.24. The molecule has 0 spiro atoms. The molecule has 0 saturated carbocycles. The van der Waals surface area contributed by atoms with Gasteiger partial charge >= 0.3 is 0 Å². The number of aromatic nitrogens is 1. The van der Waals surface area contributed by atoms with Gasteiger partial charge < -0.3 is 9.73 Å². The molecule has 20 heavy (non-hydrogen) atoms. The van der Waals surface area contributed by atoms with Crippen molar-refractivity contribution in [1.29, 1.82) is 0 Å². The van der Waals surface area contributed by atoms with Crippen LogP contribution in [0.4, 0.5) is 0 Å². The van der Waals surface area contributed by atoms with Gasteiger partial charge in [-0.2, -0.15) is 0 Å². The van der Waals surface area contributed by atoms with Gasteiger partial charge in [-0.3, -0.25) is 0 Å². The lowest BCUT2D eigenvalue weighted by Gasteiger charge is -2.03. The van der Waals surface area contributed by atoms with Gasteiger partial charge in [-0.1, -0.05) is 32.0 Å². The fraction of sp³-hybridized carbons (Fsp3) is 0.312. The van der Waals surface area contributed by atoms with E-state index in [2.05, 4.69) is 25.2 Å². The Morgan fingerprint density at radius 3 is 2.85 bits per heavy atom. The third-order valence-electron chi connectivity index (χ3n) is 3.32. The number of rotatable bonds is 4. The summed E-state index contributed by atoms with van der Waals surface area (Å²) in [5.41, 5.74) is 3.19. The van der Waals surface area contributed by atoms with E-state index < -0.39 is 0 Å². The Balaban J connectivity index is 2.12. The normalized spacial score (nSPS) is 11.6. The average Bonchev–Trinajstić information content (AvgIpc) is 3.02. The van der Waals surface area contributed by atoms with Crippen LogP contribution in [0.2, 0.25) is 0 Å². The molecule has 0 radical (unpaired) electrons. The highest BCUT2D eigenvalue weighted by Crippen LogP contribution is 2.36. The Bertz CT molecular complexity index is 727. The van der Waals surface area contributed by atoms with Crippen LogP contribution in [0.1, 0.15) is 30.3 Å². The quantitative estimate of drug-likeness (QED) is 0.772. The van der Waals surface area contributed by atoms with Gasteiger partial charge in [-0.05, 0) is 19.0 Å². The summed E-state index contributed by atoms with van der Waals surface area (Å²) < 4.78 is 5.62. The summed E-state index contributed by atoms with van der Waals surface area (Å²) in [6.45, 7) is 5.23. The number of nitrogens with zero attached hydrogens (tertiary/aromatic N) is 1. The molecule has 0 bridgehead atoms. The van der Waals surface area contributed by atoms with Gasteiger partial charge in [0, 0.05) is 16.8 Å². The fourth-order valence-corrected chi connectivity index (χ4v) is 3.61. The van der Waals surface area contributed by atoms with Crippen molar-refractivity contribution in [1.82, 2.24) is 10.3 Å². The first kappa shape index (κ1) is 13.3.